The van der Waals surface area contributed by atoms with Crippen LogP contribution in [0.5, 0.6) is 5.75 Å². The van der Waals surface area contributed by atoms with Crippen LogP contribution in [0.1, 0.15) is 11.1 Å². The van der Waals surface area contributed by atoms with Gasteiger partial charge in [-0.2, -0.15) is 9.61 Å². The minimum atomic E-state index is -0.464. The molecule has 0 saturated heterocycles. The molecule has 1 N–H and O–H groups in total. The van der Waals surface area contributed by atoms with Gasteiger partial charge in [0.25, 0.3) is 0 Å². The molecule has 0 saturated carbocycles. The van der Waals surface area contributed by atoms with Gasteiger partial charge in [-0.25, -0.2) is 18.7 Å². The van der Waals surface area contributed by atoms with Gasteiger partial charge in [0, 0.05) is 55.5 Å². The summed E-state index contributed by atoms with van der Waals surface area (Å²) in [5, 5.41) is 15.6. The van der Waals surface area contributed by atoms with Gasteiger partial charge in [0.1, 0.15) is 24.2 Å². The SMILES string of the molecule is CN(C)c1c(F)cc(-c2cnc(NCc3c(F)ccc4c3CCO4)n3cnnc23)c2ncnn12. The maximum absolute atomic E-state index is 15.0. The van der Waals surface area contributed by atoms with Crippen LogP contribution in [0.15, 0.2) is 37.1 Å². The standard InChI is InChI=1S/C22H19F2N9O/c1-31(2)21-17(24)7-13(19-27-10-29-33(19)21)15-9-26-22(32-11-28-30-20(15)32)25-8-14-12-5-6-34-18(12)4-3-16(14)23/h3-4,7,9-11H,5-6,8H2,1-2H3,(H,25,26). The molecule has 1 aliphatic rings. The van der Waals surface area contributed by atoms with Crippen molar-refractivity contribution in [2.75, 3.05) is 30.9 Å². The van der Waals surface area contributed by atoms with Crippen LogP contribution in [0.4, 0.5) is 20.5 Å². The zero-order chi connectivity index (χ0) is 23.4. The van der Waals surface area contributed by atoms with E-state index in [4.69, 9.17) is 4.74 Å². The van der Waals surface area contributed by atoms with Crippen molar-refractivity contribution in [1.82, 2.24) is 34.2 Å². The summed E-state index contributed by atoms with van der Waals surface area (Å²) in [4.78, 5) is 10.4. The summed E-state index contributed by atoms with van der Waals surface area (Å²) >= 11 is 0. The topological polar surface area (TPSA) is 97.8 Å². The second-order valence-electron chi connectivity index (χ2n) is 8.09. The zero-order valence-corrected chi connectivity index (χ0v) is 18.3. The number of anilines is 2. The number of halogens is 2. The molecular weight excluding hydrogens is 444 g/mol. The highest BCUT2D eigenvalue weighted by Gasteiger charge is 2.22. The first-order chi connectivity index (χ1) is 16.5. The molecule has 1 aromatic carbocycles. The van der Waals surface area contributed by atoms with Gasteiger partial charge in [-0.1, -0.05) is 0 Å². The maximum atomic E-state index is 15.0. The van der Waals surface area contributed by atoms with Crippen LogP contribution in [-0.4, -0.2) is 54.9 Å². The van der Waals surface area contributed by atoms with Gasteiger partial charge in [-0.15, -0.1) is 10.2 Å². The molecule has 5 heterocycles. The molecule has 0 unspecified atom stereocenters. The number of aromatic nitrogens is 7. The normalized spacial score (nSPS) is 12.8. The fourth-order valence-electron chi connectivity index (χ4n) is 4.35. The first-order valence-corrected chi connectivity index (χ1v) is 10.6. The molecule has 0 bridgehead atoms. The van der Waals surface area contributed by atoms with Gasteiger partial charge in [-0.05, 0) is 18.2 Å². The van der Waals surface area contributed by atoms with Gasteiger partial charge >= 0.3 is 0 Å². The minimum Gasteiger partial charge on any atom is -0.493 e. The van der Waals surface area contributed by atoms with E-state index in [-0.39, 0.29) is 18.2 Å². The Bertz CT molecular complexity index is 1560. The lowest BCUT2D eigenvalue weighted by molar-refractivity contribution is 0.356. The van der Waals surface area contributed by atoms with E-state index in [0.29, 0.717) is 52.7 Å². The third kappa shape index (κ3) is 3.02. The van der Waals surface area contributed by atoms with Gasteiger partial charge < -0.3 is 15.0 Å². The zero-order valence-electron chi connectivity index (χ0n) is 18.3. The maximum Gasteiger partial charge on any atom is 0.210 e. The number of pyridine rings is 1. The summed E-state index contributed by atoms with van der Waals surface area (Å²) in [5.74, 6) is 0.632. The quantitative estimate of drug-likeness (QED) is 0.425. The predicted molar refractivity (Wildman–Crippen MR) is 120 cm³/mol. The van der Waals surface area contributed by atoms with Crippen molar-refractivity contribution in [3.8, 4) is 16.9 Å². The molecule has 1 aliphatic heterocycles. The Labute approximate surface area is 191 Å². The smallest absolute Gasteiger partial charge is 0.210 e. The van der Waals surface area contributed by atoms with Crippen LogP contribution in [-0.2, 0) is 13.0 Å². The Hall–Kier alpha value is -4.35. The number of benzene rings is 1. The first kappa shape index (κ1) is 20.3. The third-order valence-corrected chi connectivity index (χ3v) is 5.88. The van der Waals surface area contributed by atoms with Crippen LogP contribution in [0.25, 0.3) is 22.4 Å². The summed E-state index contributed by atoms with van der Waals surface area (Å²) in [5.41, 5.74) is 3.30. The molecule has 10 nitrogen and oxygen atoms in total. The fourth-order valence-corrected chi connectivity index (χ4v) is 4.35. The molecule has 12 heteroatoms. The Kier molecular flexibility index (Phi) is 4.54. The molecule has 0 amide bonds. The summed E-state index contributed by atoms with van der Waals surface area (Å²) < 4.78 is 38.2. The van der Waals surface area contributed by atoms with E-state index in [1.165, 1.54) is 29.3 Å². The lowest BCUT2D eigenvalue weighted by atomic mass is 10.0. The van der Waals surface area contributed by atoms with Crippen molar-refractivity contribution >= 4 is 23.1 Å². The van der Waals surface area contributed by atoms with E-state index < -0.39 is 5.82 Å². The molecule has 6 rings (SSSR count). The molecule has 0 aliphatic carbocycles. The molecule has 172 valence electrons. The second-order valence-corrected chi connectivity index (χ2v) is 8.09. The monoisotopic (exact) mass is 463 g/mol. The largest absolute Gasteiger partial charge is 0.493 e. The van der Waals surface area contributed by atoms with E-state index in [1.54, 1.807) is 35.7 Å². The summed E-state index contributed by atoms with van der Waals surface area (Å²) in [6, 6.07) is 4.45. The lowest BCUT2D eigenvalue weighted by Crippen LogP contribution is -2.16. The van der Waals surface area contributed by atoms with Gasteiger partial charge in [0.2, 0.25) is 5.95 Å². The summed E-state index contributed by atoms with van der Waals surface area (Å²) in [6.45, 7) is 0.743. The van der Waals surface area contributed by atoms with E-state index >= 15 is 4.39 Å². The second kappa shape index (κ2) is 7.61. The highest BCUT2D eigenvalue weighted by atomic mass is 19.1. The van der Waals surface area contributed by atoms with Crippen molar-refractivity contribution in [2.24, 2.45) is 0 Å². The molecule has 0 spiro atoms. The Morgan fingerprint density at radius 2 is 2.00 bits per heavy atom. The van der Waals surface area contributed by atoms with Crippen LogP contribution in [0.2, 0.25) is 0 Å². The highest BCUT2D eigenvalue weighted by Crippen LogP contribution is 2.33. The van der Waals surface area contributed by atoms with E-state index in [9.17, 15) is 4.39 Å². The van der Waals surface area contributed by atoms with Gasteiger partial charge in [-0.3, -0.25) is 4.40 Å². The van der Waals surface area contributed by atoms with E-state index in [1.807, 2.05) is 0 Å². The molecule has 0 radical (unpaired) electrons. The predicted octanol–water partition coefficient (Wildman–Crippen LogP) is 2.73. The molecule has 0 fully saturated rings. The average molecular weight is 463 g/mol. The Morgan fingerprint density at radius 3 is 2.85 bits per heavy atom. The molecule has 0 atom stereocenters. The van der Waals surface area contributed by atoms with E-state index in [0.717, 1.165) is 5.56 Å². The van der Waals surface area contributed by atoms with Crippen LogP contribution in [0, 0.1) is 11.6 Å². The van der Waals surface area contributed by atoms with Crippen molar-refractivity contribution < 1.29 is 13.5 Å². The van der Waals surface area contributed by atoms with Crippen LogP contribution < -0.4 is 15.0 Å². The summed E-state index contributed by atoms with van der Waals surface area (Å²) in [6.07, 6.45) is 5.09. The molecular formula is C22H19F2N9O. The third-order valence-electron chi connectivity index (χ3n) is 5.88. The van der Waals surface area contributed by atoms with Gasteiger partial charge in [0.15, 0.2) is 22.9 Å². The first-order valence-electron chi connectivity index (χ1n) is 10.6. The van der Waals surface area contributed by atoms with Crippen LogP contribution >= 0.6 is 0 Å². The van der Waals surface area contributed by atoms with Crippen LogP contribution in [0.3, 0.4) is 0 Å². The Morgan fingerprint density at radius 1 is 1.12 bits per heavy atom. The summed E-state index contributed by atoms with van der Waals surface area (Å²) in [7, 11) is 3.46. The van der Waals surface area contributed by atoms with Crippen molar-refractivity contribution in [1.29, 1.82) is 0 Å². The van der Waals surface area contributed by atoms with Crippen molar-refractivity contribution in [2.45, 2.75) is 13.0 Å². The highest BCUT2D eigenvalue weighted by molar-refractivity contribution is 5.87. The number of fused-ring (bicyclic) bond motifs is 3. The van der Waals surface area contributed by atoms with Crippen molar-refractivity contribution in [3.05, 3.63) is 59.8 Å². The molecule has 34 heavy (non-hydrogen) atoms. The molecule has 5 aromatic rings. The number of rotatable bonds is 5. The average Bonchev–Trinajstić information content (AvgIpc) is 3.57. The van der Waals surface area contributed by atoms with E-state index in [2.05, 4.69) is 30.6 Å². The number of hydrogen-bond acceptors (Lipinski definition) is 8. The van der Waals surface area contributed by atoms with Gasteiger partial charge in [0.05, 0.1) is 6.61 Å². The Balaban J connectivity index is 1.41. The fraction of sp³-hybridized carbons (Fsp3) is 0.227. The number of ether oxygens (including phenoxy) is 1. The molecule has 4 aromatic heterocycles. The van der Waals surface area contributed by atoms with Crippen molar-refractivity contribution in [3.63, 3.8) is 0 Å². The minimum absolute atomic E-state index is 0.207. The lowest BCUT2D eigenvalue weighted by Gasteiger charge is -2.16. The number of nitrogens with zero attached hydrogens (tertiary/aromatic N) is 8. The number of nitrogens with one attached hydrogen (secondary N) is 1. The number of hydrogen-bond donors (Lipinski definition) is 1.